The van der Waals surface area contributed by atoms with Crippen LogP contribution in [-0.4, -0.2) is 18.7 Å². The second-order valence-electron chi connectivity index (χ2n) is 4.42. The van der Waals surface area contributed by atoms with E-state index in [0.29, 0.717) is 11.7 Å². The summed E-state index contributed by atoms with van der Waals surface area (Å²) in [5.74, 6) is 1.11. The molecule has 0 aromatic heterocycles. The van der Waals surface area contributed by atoms with Crippen LogP contribution in [0.4, 0.5) is 0 Å². The van der Waals surface area contributed by atoms with E-state index in [9.17, 15) is 0 Å². The molecule has 4 heteroatoms. The number of hydrogen-bond donors (Lipinski definition) is 1. The predicted molar refractivity (Wildman–Crippen MR) is 93.5 cm³/mol. The Bertz CT molecular complexity index is 640. The van der Waals surface area contributed by atoms with E-state index in [1.807, 2.05) is 55.5 Å². The molecule has 102 valence electrons. The van der Waals surface area contributed by atoms with Gasteiger partial charge >= 0.3 is 0 Å². The molecule has 3 nitrogen and oxygen atoms in total. The van der Waals surface area contributed by atoms with Crippen LogP contribution >= 0.6 is 22.6 Å². The van der Waals surface area contributed by atoms with Crippen LogP contribution in [0.1, 0.15) is 16.7 Å². The Morgan fingerprint density at radius 3 is 2.05 bits per heavy atom. The molecule has 0 saturated heterocycles. The number of nitrogens with zero attached hydrogens (tertiary/aromatic N) is 2. The molecular weight excluding hydrogens is 361 g/mol. The Hall–Kier alpha value is -1.69. The summed E-state index contributed by atoms with van der Waals surface area (Å²) in [6.07, 6.45) is 0. The zero-order valence-corrected chi connectivity index (χ0v) is 13.6. The van der Waals surface area contributed by atoms with Gasteiger partial charge in [-0.05, 0) is 41.6 Å². The maximum absolute atomic E-state index is 6.06. The maximum Gasteiger partial charge on any atom is 0.156 e. The number of aryl methyl sites for hydroxylation is 1. The summed E-state index contributed by atoms with van der Waals surface area (Å²) < 4.78 is 1.18. The van der Waals surface area contributed by atoms with Gasteiger partial charge in [0.1, 0.15) is 5.84 Å². The van der Waals surface area contributed by atoms with Crippen molar-refractivity contribution in [1.82, 2.24) is 0 Å². The van der Waals surface area contributed by atoms with Gasteiger partial charge in [0.15, 0.2) is 5.84 Å². The number of hydrogen-bond acceptors (Lipinski definition) is 1. The fourth-order valence-electron chi connectivity index (χ4n) is 1.75. The van der Waals surface area contributed by atoms with Crippen LogP contribution in [0.25, 0.3) is 0 Å². The van der Waals surface area contributed by atoms with Gasteiger partial charge in [0, 0.05) is 21.7 Å². The summed E-state index contributed by atoms with van der Waals surface area (Å²) in [6, 6.07) is 16.0. The van der Waals surface area contributed by atoms with Gasteiger partial charge < -0.3 is 5.73 Å². The number of nitrogens with two attached hydrogens (primary N) is 1. The van der Waals surface area contributed by atoms with E-state index in [-0.39, 0.29) is 0 Å². The van der Waals surface area contributed by atoms with Crippen molar-refractivity contribution in [1.29, 1.82) is 0 Å². The molecule has 0 atom stereocenters. The van der Waals surface area contributed by atoms with Crippen molar-refractivity contribution < 1.29 is 0 Å². The number of amidine groups is 2. The standard InChI is InChI=1S/C16H16IN3/c1-11-3-5-12(6-4-11)15(18)20-16(19-2)13-7-9-14(17)10-8-13/h3-10H,1-2H3,(H2,18,19,20). The lowest BCUT2D eigenvalue weighted by Gasteiger charge is -2.04. The normalized spacial score (nSPS) is 12.6. The first-order valence-electron chi connectivity index (χ1n) is 6.24. The maximum atomic E-state index is 6.06. The molecule has 0 bridgehead atoms. The Balaban J connectivity index is 2.31. The van der Waals surface area contributed by atoms with Gasteiger partial charge in [-0.3, -0.25) is 4.99 Å². The van der Waals surface area contributed by atoms with Crippen LogP contribution in [0.15, 0.2) is 58.5 Å². The molecule has 0 aliphatic rings. The van der Waals surface area contributed by atoms with Crippen LogP contribution < -0.4 is 5.73 Å². The highest BCUT2D eigenvalue weighted by Gasteiger charge is 2.04. The first-order valence-corrected chi connectivity index (χ1v) is 7.32. The third-order valence-corrected chi connectivity index (χ3v) is 3.61. The summed E-state index contributed by atoms with van der Waals surface area (Å²) in [7, 11) is 1.72. The topological polar surface area (TPSA) is 50.7 Å². The van der Waals surface area contributed by atoms with E-state index in [0.717, 1.165) is 11.1 Å². The van der Waals surface area contributed by atoms with E-state index >= 15 is 0 Å². The Morgan fingerprint density at radius 1 is 0.950 bits per heavy atom. The Labute approximate surface area is 132 Å². The van der Waals surface area contributed by atoms with E-state index in [1.54, 1.807) is 7.05 Å². The minimum absolute atomic E-state index is 0.476. The highest BCUT2D eigenvalue weighted by atomic mass is 127. The van der Waals surface area contributed by atoms with Gasteiger partial charge in [-0.15, -0.1) is 0 Å². The molecular formula is C16H16IN3. The average Bonchev–Trinajstić information content (AvgIpc) is 2.46. The molecule has 0 amide bonds. The Morgan fingerprint density at radius 2 is 1.50 bits per heavy atom. The first-order chi connectivity index (χ1) is 9.60. The van der Waals surface area contributed by atoms with Crippen molar-refractivity contribution >= 4 is 34.3 Å². The SMILES string of the molecule is CN=C(N=C(N)c1ccc(C)cc1)c1ccc(I)cc1. The zero-order chi connectivity index (χ0) is 14.5. The van der Waals surface area contributed by atoms with E-state index in [1.165, 1.54) is 9.13 Å². The summed E-state index contributed by atoms with van der Waals surface area (Å²) in [6.45, 7) is 2.04. The molecule has 2 aromatic carbocycles. The second-order valence-corrected chi connectivity index (χ2v) is 5.66. The van der Waals surface area contributed by atoms with Crippen molar-refractivity contribution in [3.63, 3.8) is 0 Å². The molecule has 0 heterocycles. The van der Waals surface area contributed by atoms with Crippen molar-refractivity contribution in [2.75, 3.05) is 7.05 Å². The molecule has 2 N–H and O–H groups in total. The van der Waals surface area contributed by atoms with Crippen LogP contribution in [0.2, 0.25) is 0 Å². The van der Waals surface area contributed by atoms with E-state index < -0.39 is 0 Å². The molecule has 0 radical (unpaired) electrons. The summed E-state index contributed by atoms with van der Waals surface area (Å²) in [4.78, 5) is 8.65. The van der Waals surface area contributed by atoms with Gasteiger partial charge in [0.25, 0.3) is 0 Å². The molecule has 2 aromatic rings. The lowest BCUT2D eigenvalue weighted by atomic mass is 10.1. The molecule has 0 aliphatic heterocycles. The fourth-order valence-corrected chi connectivity index (χ4v) is 2.11. The third kappa shape index (κ3) is 3.66. The van der Waals surface area contributed by atoms with Crippen LogP contribution in [-0.2, 0) is 0 Å². The summed E-state index contributed by atoms with van der Waals surface area (Å²) >= 11 is 2.27. The summed E-state index contributed by atoms with van der Waals surface area (Å²) in [5, 5.41) is 0. The van der Waals surface area contributed by atoms with Gasteiger partial charge in [-0.25, -0.2) is 4.99 Å². The van der Waals surface area contributed by atoms with Crippen LogP contribution in [0, 0.1) is 10.5 Å². The predicted octanol–water partition coefficient (Wildman–Crippen LogP) is 3.38. The number of aliphatic imine (C=N–C) groups is 2. The summed E-state index contributed by atoms with van der Waals surface area (Å²) in [5.41, 5.74) is 9.12. The van der Waals surface area contributed by atoms with Crippen LogP contribution in [0.5, 0.6) is 0 Å². The second kappa shape index (κ2) is 6.65. The van der Waals surface area contributed by atoms with Crippen LogP contribution in [0.3, 0.4) is 0 Å². The van der Waals surface area contributed by atoms with Crippen molar-refractivity contribution in [2.45, 2.75) is 6.92 Å². The van der Waals surface area contributed by atoms with Gasteiger partial charge in [0.2, 0.25) is 0 Å². The van der Waals surface area contributed by atoms with Gasteiger partial charge in [0.05, 0.1) is 0 Å². The molecule has 20 heavy (non-hydrogen) atoms. The van der Waals surface area contributed by atoms with Crippen molar-refractivity contribution in [2.24, 2.45) is 15.7 Å². The zero-order valence-electron chi connectivity index (χ0n) is 11.5. The molecule has 0 aliphatic carbocycles. The molecule has 0 unspecified atom stereocenters. The van der Waals surface area contributed by atoms with Gasteiger partial charge in [-0.1, -0.05) is 42.0 Å². The largest absolute Gasteiger partial charge is 0.383 e. The van der Waals surface area contributed by atoms with E-state index in [4.69, 9.17) is 5.73 Å². The average molecular weight is 377 g/mol. The monoisotopic (exact) mass is 377 g/mol. The fraction of sp³-hybridized carbons (Fsp3) is 0.125. The molecule has 2 rings (SSSR count). The highest BCUT2D eigenvalue weighted by Crippen LogP contribution is 2.10. The van der Waals surface area contributed by atoms with Crippen molar-refractivity contribution in [3.8, 4) is 0 Å². The molecule has 0 saturated carbocycles. The lowest BCUT2D eigenvalue weighted by molar-refractivity contribution is 1.37. The minimum Gasteiger partial charge on any atom is -0.383 e. The number of halogens is 1. The quantitative estimate of drug-likeness (QED) is 0.487. The highest BCUT2D eigenvalue weighted by molar-refractivity contribution is 14.1. The Kier molecular flexibility index (Phi) is 4.89. The lowest BCUT2D eigenvalue weighted by Crippen LogP contribution is -2.16. The third-order valence-electron chi connectivity index (χ3n) is 2.89. The number of rotatable bonds is 2. The molecule has 0 fully saturated rings. The number of benzene rings is 2. The van der Waals surface area contributed by atoms with Gasteiger partial charge in [-0.2, -0.15) is 0 Å². The minimum atomic E-state index is 0.476. The first kappa shape index (κ1) is 14.7. The van der Waals surface area contributed by atoms with Crippen molar-refractivity contribution in [3.05, 3.63) is 68.8 Å². The molecule has 0 spiro atoms. The van der Waals surface area contributed by atoms with E-state index in [2.05, 4.69) is 32.6 Å². The smallest absolute Gasteiger partial charge is 0.156 e.